The smallest absolute Gasteiger partial charge is 0.419 e. The van der Waals surface area contributed by atoms with E-state index in [1.54, 1.807) is 12.4 Å². The van der Waals surface area contributed by atoms with Gasteiger partial charge in [-0.25, -0.2) is 14.3 Å². The van der Waals surface area contributed by atoms with E-state index in [0.29, 0.717) is 0 Å². The molecule has 0 saturated heterocycles. The van der Waals surface area contributed by atoms with Crippen LogP contribution in [0.5, 0.6) is 0 Å². The number of aromatic nitrogens is 2. The highest BCUT2D eigenvalue weighted by Gasteiger charge is 2.41. The largest absolute Gasteiger partial charge is 0.443 e. The quantitative estimate of drug-likeness (QED) is 0.633. The van der Waals surface area contributed by atoms with Crippen molar-refractivity contribution in [2.24, 2.45) is 0 Å². The van der Waals surface area contributed by atoms with Crippen molar-refractivity contribution >= 4 is 6.09 Å². The summed E-state index contributed by atoms with van der Waals surface area (Å²) in [6.07, 6.45) is 6.16. The fourth-order valence-corrected chi connectivity index (χ4v) is 0.909. The standard InChI is InChI=1S/C8H10N2O2/c1-8(2-3-8)12-7(11)10-5-4-9-6-10/h4-6H,2-3H2,1H3. The molecule has 1 aromatic heterocycles. The average Bonchev–Trinajstić information content (AvgIpc) is 2.55. The molecular weight excluding hydrogens is 156 g/mol. The molecule has 4 heteroatoms. The molecule has 1 aliphatic rings. The van der Waals surface area contributed by atoms with E-state index < -0.39 is 0 Å². The molecule has 1 aromatic rings. The van der Waals surface area contributed by atoms with Gasteiger partial charge in [0.25, 0.3) is 0 Å². The molecule has 0 N–H and O–H groups in total. The lowest BCUT2D eigenvalue weighted by molar-refractivity contribution is 0.0946. The third-order valence-corrected chi connectivity index (χ3v) is 2.00. The van der Waals surface area contributed by atoms with E-state index in [0.717, 1.165) is 12.8 Å². The summed E-state index contributed by atoms with van der Waals surface area (Å²) in [5.74, 6) is 0. The van der Waals surface area contributed by atoms with Gasteiger partial charge in [0.1, 0.15) is 11.9 Å². The number of hydrogen-bond donors (Lipinski definition) is 0. The predicted molar refractivity (Wildman–Crippen MR) is 41.7 cm³/mol. The minimum Gasteiger partial charge on any atom is -0.443 e. The number of ether oxygens (including phenoxy) is 1. The topological polar surface area (TPSA) is 44.1 Å². The van der Waals surface area contributed by atoms with Gasteiger partial charge in [-0.1, -0.05) is 0 Å². The van der Waals surface area contributed by atoms with E-state index in [2.05, 4.69) is 4.98 Å². The summed E-state index contributed by atoms with van der Waals surface area (Å²) in [6.45, 7) is 1.93. The predicted octanol–water partition coefficient (Wildman–Crippen LogP) is 1.42. The fraction of sp³-hybridized carbons (Fsp3) is 0.500. The van der Waals surface area contributed by atoms with Gasteiger partial charge in [0.2, 0.25) is 0 Å². The van der Waals surface area contributed by atoms with E-state index in [1.165, 1.54) is 10.9 Å². The van der Waals surface area contributed by atoms with Crippen molar-refractivity contribution in [3.8, 4) is 0 Å². The number of rotatable bonds is 1. The van der Waals surface area contributed by atoms with Crippen LogP contribution in [0.1, 0.15) is 19.8 Å². The van der Waals surface area contributed by atoms with Crippen LogP contribution in [-0.2, 0) is 4.74 Å². The van der Waals surface area contributed by atoms with Crippen LogP contribution < -0.4 is 0 Å². The number of hydrogen-bond acceptors (Lipinski definition) is 3. The number of nitrogens with zero attached hydrogens (tertiary/aromatic N) is 2. The van der Waals surface area contributed by atoms with Crippen molar-refractivity contribution in [3.63, 3.8) is 0 Å². The van der Waals surface area contributed by atoms with Gasteiger partial charge >= 0.3 is 6.09 Å². The van der Waals surface area contributed by atoms with E-state index in [1.807, 2.05) is 6.92 Å². The normalized spacial score (nSPS) is 18.8. The zero-order chi connectivity index (χ0) is 8.60. The van der Waals surface area contributed by atoms with Crippen LogP contribution >= 0.6 is 0 Å². The molecule has 4 nitrogen and oxygen atoms in total. The van der Waals surface area contributed by atoms with Gasteiger partial charge in [-0.15, -0.1) is 0 Å². The van der Waals surface area contributed by atoms with E-state index >= 15 is 0 Å². The van der Waals surface area contributed by atoms with Crippen LogP contribution in [0.15, 0.2) is 18.7 Å². The summed E-state index contributed by atoms with van der Waals surface area (Å²) < 4.78 is 6.51. The van der Waals surface area contributed by atoms with E-state index in [4.69, 9.17) is 4.74 Å². The monoisotopic (exact) mass is 166 g/mol. The summed E-state index contributed by atoms with van der Waals surface area (Å²) in [7, 11) is 0. The minimum atomic E-state index is -0.340. The van der Waals surface area contributed by atoms with Crippen LogP contribution in [0.4, 0.5) is 4.79 Å². The highest BCUT2D eigenvalue weighted by Crippen LogP contribution is 2.38. The van der Waals surface area contributed by atoms with Gasteiger partial charge in [0.15, 0.2) is 0 Å². The first-order valence-corrected chi connectivity index (χ1v) is 3.91. The zero-order valence-corrected chi connectivity index (χ0v) is 6.86. The Morgan fingerprint density at radius 3 is 2.92 bits per heavy atom. The summed E-state index contributed by atoms with van der Waals surface area (Å²) in [4.78, 5) is 15.0. The zero-order valence-electron chi connectivity index (χ0n) is 6.86. The van der Waals surface area contributed by atoms with Crippen molar-refractivity contribution in [2.45, 2.75) is 25.4 Å². The van der Waals surface area contributed by atoms with Crippen molar-refractivity contribution in [2.75, 3.05) is 0 Å². The molecule has 0 aromatic carbocycles. The highest BCUT2D eigenvalue weighted by atomic mass is 16.6. The van der Waals surface area contributed by atoms with Crippen molar-refractivity contribution in [3.05, 3.63) is 18.7 Å². The Hall–Kier alpha value is -1.32. The summed E-state index contributed by atoms with van der Waals surface area (Å²) in [5.41, 5.74) is -0.207. The molecule has 12 heavy (non-hydrogen) atoms. The van der Waals surface area contributed by atoms with Crippen LogP contribution in [0.25, 0.3) is 0 Å². The molecule has 0 spiro atoms. The lowest BCUT2D eigenvalue weighted by Gasteiger charge is -2.09. The molecule has 0 aliphatic heterocycles. The second-order valence-electron chi connectivity index (χ2n) is 3.29. The second kappa shape index (κ2) is 2.33. The third-order valence-electron chi connectivity index (χ3n) is 2.00. The van der Waals surface area contributed by atoms with Gasteiger partial charge in [0.05, 0.1) is 0 Å². The van der Waals surface area contributed by atoms with Gasteiger partial charge in [0, 0.05) is 12.4 Å². The number of carbonyl (C=O) groups excluding carboxylic acids is 1. The summed E-state index contributed by atoms with van der Waals surface area (Å²) in [5, 5.41) is 0. The van der Waals surface area contributed by atoms with E-state index in [9.17, 15) is 4.79 Å². The highest BCUT2D eigenvalue weighted by molar-refractivity contribution is 5.70. The first kappa shape index (κ1) is 7.34. The van der Waals surface area contributed by atoms with Crippen molar-refractivity contribution < 1.29 is 9.53 Å². The molecule has 0 bridgehead atoms. The Balaban J connectivity index is 2.02. The Morgan fingerprint density at radius 1 is 1.67 bits per heavy atom. The molecule has 0 amide bonds. The van der Waals surface area contributed by atoms with Crippen molar-refractivity contribution in [1.82, 2.24) is 9.55 Å². The molecule has 64 valence electrons. The maximum atomic E-state index is 11.3. The first-order chi connectivity index (χ1) is 5.70. The molecule has 1 heterocycles. The van der Waals surface area contributed by atoms with Gasteiger partial charge < -0.3 is 4.74 Å². The second-order valence-corrected chi connectivity index (χ2v) is 3.29. The molecule has 0 unspecified atom stereocenters. The van der Waals surface area contributed by atoms with Gasteiger partial charge in [-0.3, -0.25) is 0 Å². The molecule has 2 rings (SSSR count). The Bertz CT molecular complexity index is 288. The molecule has 1 aliphatic carbocycles. The minimum absolute atomic E-state index is 0.207. The molecule has 1 fully saturated rings. The number of imidazole rings is 1. The van der Waals surface area contributed by atoms with Crippen LogP contribution in [-0.4, -0.2) is 21.2 Å². The molecule has 1 saturated carbocycles. The Morgan fingerprint density at radius 2 is 2.42 bits per heavy atom. The molecule has 0 radical (unpaired) electrons. The molecule has 0 atom stereocenters. The SMILES string of the molecule is CC1(OC(=O)n2ccnc2)CC1. The first-order valence-electron chi connectivity index (χ1n) is 3.91. The molecular formula is C8H10N2O2. The van der Waals surface area contributed by atoms with Crippen LogP contribution in [0.2, 0.25) is 0 Å². The van der Waals surface area contributed by atoms with Crippen LogP contribution in [0.3, 0.4) is 0 Å². The Kier molecular flexibility index (Phi) is 1.43. The fourth-order valence-electron chi connectivity index (χ4n) is 0.909. The van der Waals surface area contributed by atoms with Crippen molar-refractivity contribution in [1.29, 1.82) is 0 Å². The summed E-state index contributed by atoms with van der Waals surface area (Å²) in [6, 6.07) is 0. The lowest BCUT2D eigenvalue weighted by atomic mass is 10.4. The van der Waals surface area contributed by atoms with E-state index in [-0.39, 0.29) is 11.7 Å². The Labute approximate surface area is 70.2 Å². The van der Waals surface area contributed by atoms with Crippen LogP contribution in [0, 0.1) is 0 Å². The van der Waals surface area contributed by atoms with Gasteiger partial charge in [-0.05, 0) is 19.8 Å². The maximum Gasteiger partial charge on any atom is 0.419 e. The summed E-state index contributed by atoms with van der Waals surface area (Å²) >= 11 is 0. The third kappa shape index (κ3) is 1.32. The average molecular weight is 166 g/mol. The number of carbonyl (C=O) groups is 1. The van der Waals surface area contributed by atoms with Gasteiger partial charge in [-0.2, -0.15) is 0 Å². The lowest BCUT2D eigenvalue weighted by Crippen LogP contribution is -2.19. The maximum absolute atomic E-state index is 11.3.